The van der Waals surface area contributed by atoms with E-state index in [1.807, 2.05) is 30.5 Å². The molecule has 22 heavy (non-hydrogen) atoms. The van der Waals surface area contributed by atoms with Gasteiger partial charge in [0.2, 0.25) is 5.91 Å². The Morgan fingerprint density at radius 2 is 1.86 bits per heavy atom. The number of likely N-dealkylation sites (tertiary alicyclic amines) is 1. The number of carbonyl (C=O) groups excluding carboxylic acids is 1. The molecule has 128 valence electrons. The van der Waals surface area contributed by atoms with Crippen LogP contribution in [-0.4, -0.2) is 39.7 Å². The minimum absolute atomic E-state index is 0. The number of nitrogens with two attached hydrogens (primary N) is 1. The highest BCUT2D eigenvalue weighted by molar-refractivity contribution is 5.85. The molecule has 1 amide bonds. The minimum Gasteiger partial charge on any atom is -0.342 e. The van der Waals surface area contributed by atoms with Gasteiger partial charge in [-0.15, -0.1) is 24.8 Å². The van der Waals surface area contributed by atoms with E-state index in [2.05, 4.69) is 12.0 Å². The summed E-state index contributed by atoms with van der Waals surface area (Å²) in [6, 6.07) is 0.232. The maximum Gasteiger partial charge on any atom is 0.227 e. The number of halogens is 2. The second-order valence-electron chi connectivity index (χ2n) is 6.03. The summed E-state index contributed by atoms with van der Waals surface area (Å²) in [6.45, 7) is 7.72. The van der Waals surface area contributed by atoms with Crippen molar-refractivity contribution in [1.82, 2.24) is 14.7 Å². The number of aryl methyl sites for hydroxylation is 2. The Kier molecular flexibility index (Phi) is 8.44. The highest BCUT2D eigenvalue weighted by atomic mass is 35.5. The van der Waals surface area contributed by atoms with Crippen LogP contribution in [-0.2, 0) is 18.3 Å². The average molecular weight is 351 g/mol. The number of hydrogen-bond acceptors (Lipinski definition) is 3. The fourth-order valence-electron chi connectivity index (χ4n) is 3.01. The van der Waals surface area contributed by atoms with E-state index in [0.29, 0.717) is 12.3 Å². The molecule has 1 aliphatic heterocycles. The van der Waals surface area contributed by atoms with Gasteiger partial charge in [0, 0.05) is 37.4 Å². The van der Waals surface area contributed by atoms with Crippen molar-refractivity contribution < 1.29 is 4.79 Å². The van der Waals surface area contributed by atoms with Gasteiger partial charge in [-0.2, -0.15) is 5.10 Å². The van der Waals surface area contributed by atoms with Crippen molar-refractivity contribution >= 4 is 30.7 Å². The largest absolute Gasteiger partial charge is 0.342 e. The first-order valence-electron chi connectivity index (χ1n) is 7.42. The van der Waals surface area contributed by atoms with E-state index in [0.717, 1.165) is 42.9 Å². The lowest BCUT2D eigenvalue weighted by Gasteiger charge is -2.33. The Hall–Kier alpha value is -0.780. The fraction of sp³-hybridized carbons (Fsp3) is 0.733. The Bertz CT molecular complexity index is 494. The predicted octanol–water partition coefficient (Wildman–Crippen LogP) is 2.01. The second kappa shape index (κ2) is 8.75. The van der Waals surface area contributed by atoms with Gasteiger partial charge in [-0.1, -0.05) is 0 Å². The van der Waals surface area contributed by atoms with Crippen LogP contribution in [0.1, 0.15) is 36.7 Å². The number of aromatic nitrogens is 2. The first kappa shape index (κ1) is 21.2. The predicted molar refractivity (Wildman–Crippen MR) is 93.8 cm³/mol. The highest BCUT2D eigenvalue weighted by Gasteiger charge is 2.25. The van der Waals surface area contributed by atoms with E-state index in [-0.39, 0.29) is 36.8 Å². The number of nitrogens with zero attached hydrogens (tertiary/aromatic N) is 3. The zero-order chi connectivity index (χ0) is 14.9. The SMILES string of the molecule is Cc1nn(C)c(C)c1CC(=O)N1CCC(C(C)N)CC1.Cl.Cl. The van der Waals surface area contributed by atoms with Crippen LogP contribution in [0.2, 0.25) is 0 Å². The molecular weight excluding hydrogens is 323 g/mol. The van der Waals surface area contributed by atoms with Crippen molar-refractivity contribution in [1.29, 1.82) is 0 Å². The Morgan fingerprint density at radius 3 is 2.27 bits per heavy atom. The maximum absolute atomic E-state index is 12.4. The third-order valence-corrected chi connectivity index (χ3v) is 4.62. The van der Waals surface area contributed by atoms with Gasteiger partial charge in [0.1, 0.15) is 0 Å². The molecule has 2 heterocycles. The van der Waals surface area contributed by atoms with E-state index >= 15 is 0 Å². The summed E-state index contributed by atoms with van der Waals surface area (Å²) in [5.74, 6) is 0.772. The summed E-state index contributed by atoms with van der Waals surface area (Å²) >= 11 is 0. The molecule has 2 N–H and O–H groups in total. The van der Waals surface area contributed by atoms with Crippen LogP contribution in [0.5, 0.6) is 0 Å². The van der Waals surface area contributed by atoms with Gasteiger partial charge in [0.15, 0.2) is 0 Å². The van der Waals surface area contributed by atoms with Crippen LogP contribution >= 0.6 is 24.8 Å². The van der Waals surface area contributed by atoms with E-state index in [4.69, 9.17) is 5.73 Å². The molecule has 1 aliphatic rings. The molecule has 1 aromatic rings. The second-order valence-corrected chi connectivity index (χ2v) is 6.03. The molecule has 1 aromatic heterocycles. The molecule has 0 radical (unpaired) electrons. The Labute approximate surface area is 145 Å². The smallest absolute Gasteiger partial charge is 0.227 e. The summed E-state index contributed by atoms with van der Waals surface area (Å²) < 4.78 is 1.85. The monoisotopic (exact) mass is 350 g/mol. The standard InChI is InChI=1S/C15H26N4O.2ClH/c1-10(16)13-5-7-19(8-6-13)15(20)9-14-11(2)17-18(4)12(14)3;;/h10,13H,5-9,16H2,1-4H3;2*1H. The number of carbonyl (C=O) groups is 1. The summed E-state index contributed by atoms with van der Waals surface area (Å²) in [7, 11) is 1.92. The molecule has 1 saturated heterocycles. The third-order valence-electron chi connectivity index (χ3n) is 4.62. The van der Waals surface area contributed by atoms with Crippen LogP contribution in [0.25, 0.3) is 0 Å². The van der Waals surface area contributed by atoms with Crippen LogP contribution in [0.4, 0.5) is 0 Å². The van der Waals surface area contributed by atoms with E-state index in [9.17, 15) is 4.79 Å². The summed E-state index contributed by atoms with van der Waals surface area (Å²) in [5.41, 5.74) is 9.06. The van der Waals surface area contributed by atoms with Crippen molar-refractivity contribution in [2.45, 2.75) is 46.1 Å². The summed E-state index contributed by atoms with van der Waals surface area (Å²) in [6.07, 6.45) is 2.51. The fourth-order valence-corrected chi connectivity index (χ4v) is 3.01. The van der Waals surface area contributed by atoms with Gasteiger partial charge in [0.25, 0.3) is 0 Å². The van der Waals surface area contributed by atoms with E-state index in [1.165, 1.54) is 0 Å². The first-order chi connectivity index (χ1) is 9.40. The van der Waals surface area contributed by atoms with Crippen molar-refractivity contribution in [3.05, 3.63) is 17.0 Å². The summed E-state index contributed by atoms with van der Waals surface area (Å²) in [5, 5.41) is 4.37. The zero-order valence-corrected chi connectivity index (χ0v) is 15.5. The number of piperidine rings is 1. The molecule has 0 saturated carbocycles. The minimum atomic E-state index is 0. The molecule has 7 heteroatoms. The molecule has 1 unspecified atom stereocenters. The van der Waals surface area contributed by atoms with Crippen molar-refractivity contribution in [3.8, 4) is 0 Å². The van der Waals surface area contributed by atoms with E-state index < -0.39 is 0 Å². The lowest BCUT2D eigenvalue weighted by Crippen LogP contribution is -2.43. The third kappa shape index (κ3) is 4.61. The van der Waals surface area contributed by atoms with E-state index in [1.54, 1.807) is 0 Å². The highest BCUT2D eigenvalue weighted by Crippen LogP contribution is 2.21. The molecule has 2 rings (SSSR count). The average Bonchev–Trinajstić information content (AvgIpc) is 2.65. The maximum atomic E-state index is 12.4. The molecule has 1 fully saturated rings. The lowest BCUT2D eigenvalue weighted by atomic mass is 9.90. The van der Waals surface area contributed by atoms with Gasteiger partial charge in [-0.3, -0.25) is 9.48 Å². The first-order valence-corrected chi connectivity index (χ1v) is 7.42. The lowest BCUT2D eigenvalue weighted by molar-refractivity contribution is -0.131. The number of amides is 1. The molecular formula is C15H28Cl2N4O. The van der Waals surface area contributed by atoms with Crippen LogP contribution < -0.4 is 5.73 Å². The topological polar surface area (TPSA) is 64.2 Å². The van der Waals surface area contributed by atoms with Crippen molar-refractivity contribution in [2.75, 3.05) is 13.1 Å². The van der Waals surface area contributed by atoms with Gasteiger partial charge >= 0.3 is 0 Å². The molecule has 0 aromatic carbocycles. The Morgan fingerprint density at radius 1 is 1.32 bits per heavy atom. The Balaban J connectivity index is 0.00000220. The van der Waals surface area contributed by atoms with Gasteiger partial charge < -0.3 is 10.6 Å². The van der Waals surface area contributed by atoms with Crippen LogP contribution in [0.3, 0.4) is 0 Å². The molecule has 0 spiro atoms. The van der Waals surface area contributed by atoms with Crippen molar-refractivity contribution in [3.63, 3.8) is 0 Å². The molecule has 1 atom stereocenters. The molecule has 5 nitrogen and oxygen atoms in total. The van der Waals surface area contributed by atoms with Crippen LogP contribution in [0.15, 0.2) is 0 Å². The number of rotatable bonds is 3. The quantitative estimate of drug-likeness (QED) is 0.906. The molecule has 0 bridgehead atoms. The van der Waals surface area contributed by atoms with Gasteiger partial charge in [-0.25, -0.2) is 0 Å². The van der Waals surface area contributed by atoms with Crippen molar-refractivity contribution in [2.24, 2.45) is 18.7 Å². The summed E-state index contributed by atoms with van der Waals surface area (Å²) in [4.78, 5) is 14.4. The van der Waals surface area contributed by atoms with Gasteiger partial charge in [-0.05, 0) is 39.5 Å². The zero-order valence-electron chi connectivity index (χ0n) is 13.8. The van der Waals surface area contributed by atoms with Crippen LogP contribution in [0, 0.1) is 19.8 Å². The normalized spacial score (nSPS) is 16.7. The van der Waals surface area contributed by atoms with Gasteiger partial charge in [0.05, 0.1) is 12.1 Å². The molecule has 0 aliphatic carbocycles. The number of hydrogen-bond donors (Lipinski definition) is 1.